The lowest BCUT2D eigenvalue weighted by molar-refractivity contribution is 0.0941. The first-order chi connectivity index (χ1) is 8.34. The van der Waals surface area contributed by atoms with Crippen LogP contribution >= 0.6 is 12.4 Å². The van der Waals surface area contributed by atoms with Crippen molar-refractivity contribution in [3.8, 4) is 0 Å². The number of carbonyl (C=O) groups excluding carboxylic acids is 1. The highest BCUT2D eigenvalue weighted by Crippen LogP contribution is 2.10. The molecule has 6 heteroatoms. The molecular formula is C12H15ClN4O. The summed E-state index contributed by atoms with van der Waals surface area (Å²) in [6.07, 6.45) is 4.45. The number of hydrogen-bond acceptors (Lipinski definition) is 3. The fraction of sp³-hybridized carbons (Fsp3) is 0.333. The van der Waals surface area contributed by atoms with Gasteiger partial charge in [-0.15, -0.1) is 12.4 Å². The van der Waals surface area contributed by atoms with Crippen LogP contribution in [0.25, 0.3) is 5.52 Å². The van der Waals surface area contributed by atoms with Gasteiger partial charge in [0, 0.05) is 18.8 Å². The third-order valence-electron chi connectivity index (χ3n) is 3.07. The Morgan fingerprint density at radius 1 is 1.50 bits per heavy atom. The summed E-state index contributed by atoms with van der Waals surface area (Å²) in [5.74, 6) is -0.0418. The zero-order chi connectivity index (χ0) is 11.7. The summed E-state index contributed by atoms with van der Waals surface area (Å²) in [6, 6.07) is 5.93. The quantitative estimate of drug-likeness (QED) is 0.847. The Balaban J connectivity index is 0.00000120. The molecule has 0 spiro atoms. The number of carbonyl (C=O) groups is 1. The molecule has 0 aromatic carbocycles. The molecule has 1 fully saturated rings. The van der Waals surface area contributed by atoms with Gasteiger partial charge in [0.2, 0.25) is 0 Å². The Bertz CT molecular complexity index is 548. The topological polar surface area (TPSA) is 58.4 Å². The minimum absolute atomic E-state index is 0. The first-order valence-electron chi connectivity index (χ1n) is 5.78. The monoisotopic (exact) mass is 266 g/mol. The molecule has 1 unspecified atom stereocenters. The molecule has 0 bridgehead atoms. The molecule has 2 aromatic rings. The molecule has 2 aromatic heterocycles. The summed E-state index contributed by atoms with van der Waals surface area (Å²) in [6.45, 7) is 1.82. The second kappa shape index (κ2) is 5.37. The maximum atomic E-state index is 12.1. The van der Waals surface area contributed by atoms with Crippen LogP contribution in [-0.2, 0) is 0 Å². The SMILES string of the molecule is Cl.O=C(NC1CCNC1)c1cnn2ccccc12. The summed E-state index contributed by atoms with van der Waals surface area (Å²) >= 11 is 0. The van der Waals surface area contributed by atoms with Crippen LogP contribution in [0.1, 0.15) is 16.8 Å². The van der Waals surface area contributed by atoms with Gasteiger partial charge in [0.1, 0.15) is 0 Å². The van der Waals surface area contributed by atoms with E-state index in [2.05, 4.69) is 15.7 Å². The third kappa shape index (κ3) is 2.32. The average Bonchev–Trinajstić information content (AvgIpc) is 2.96. The van der Waals surface area contributed by atoms with Gasteiger partial charge in [0.05, 0.1) is 17.3 Å². The van der Waals surface area contributed by atoms with E-state index in [0.29, 0.717) is 5.56 Å². The van der Waals surface area contributed by atoms with Gasteiger partial charge >= 0.3 is 0 Å². The van der Waals surface area contributed by atoms with Gasteiger partial charge in [-0.25, -0.2) is 4.52 Å². The second-order valence-electron chi connectivity index (χ2n) is 4.25. The van der Waals surface area contributed by atoms with E-state index in [1.807, 2.05) is 24.4 Å². The fourth-order valence-corrected chi connectivity index (χ4v) is 2.15. The molecule has 96 valence electrons. The van der Waals surface area contributed by atoms with Crippen LogP contribution in [0.4, 0.5) is 0 Å². The van der Waals surface area contributed by atoms with Crippen molar-refractivity contribution in [1.29, 1.82) is 0 Å². The number of fused-ring (bicyclic) bond motifs is 1. The Morgan fingerprint density at radius 2 is 2.39 bits per heavy atom. The van der Waals surface area contributed by atoms with Gasteiger partial charge in [-0.3, -0.25) is 4.79 Å². The van der Waals surface area contributed by atoms with Crippen LogP contribution < -0.4 is 10.6 Å². The lowest BCUT2D eigenvalue weighted by Gasteiger charge is -2.10. The first kappa shape index (κ1) is 12.9. The molecule has 3 heterocycles. The van der Waals surface area contributed by atoms with Gasteiger partial charge < -0.3 is 10.6 Å². The Morgan fingerprint density at radius 3 is 3.17 bits per heavy atom. The van der Waals surface area contributed by atoms with Crippen molar-refractivity contribution >= 4 is 23.8 Å². The molecule has 1 aliphatic rings. The molecule has 18 heavy (non-hydrogen) atoms. The van der Waals surface area contributed by atoms with Crippen LogP contribution in [0.3, 0.4) is 0 Å². The van der Waals surface area contributed by atoms with Gasteiger partial charge in [0.25, 0.3) is 5.91 Å². The highest BCUT2D eigenvalue weighted by Gasteiger charge is 2.19. The average molecular weight is 267 g/mol. The van der Waals surface area contributed by atoms with E-state index in [0.717, 1.165) is 25.0 Å². The van der Waals surface area contributed by atoms with Gasteiger partial charge in [0.15, 0.2) is 0 Å². The van der Waals surface area contributed by atoms with E-state index >= 15 is 0 Å². The van der Waals surface area contributed by atoms with Crippen molar-refractivity contribution in [1.82, 2.24) is 20.2 Å². The van der Waals surface area contributed by atoms with Crippen molar-refractivity contribution < 1.29 is 4.79 Å². The van der Waals surface area contributed by atoms with E-state index < -0.39 is 0 Å². The number of amides is 1. The van der Waals surface area contributed by atoms with E-state index in [9.17, 15) is 4.79 Å². The summed E-state index contributed by atoms with van der Waals surface area (Å²) in [4.78, 5) is 12.1. The normalized spacial score (nSPS) is 18.6. The number of aromatic nitrogens is 2. The van der Waals surface area contributed by atoms with Crippen molar-refractivity contribution in [3.63, 3.8) is 0 Å². The predicted octanol–water partition coefficient (Wildman–Crippen LogP) is 0.848. The molecule has 0 aliphatic carbocycles. The molecule has 0 radical (unpaired) electrons. The smallest absolute Gasteiger partial charge is 0.255 e. The number of nitrogens with one attached hydrogen (secondary N) is 2. The van der Waals surface area contributed by atoms with Gasteiger partial charge in [-0.05, 0) is 25.1 Å². The summed E-state index contributed by atoms with van der Waals surface area (Å²) < 4.78 is 1.71. The minimum atomic E-state index is -0.0418. The number of rotatable bonds is 2. The molecule has 3 rings (SSSR count). The molecule has 1 amide bonds. The van der Waals surface area contributed by atoms with E-state index in [-0.39, 0.29) is 24.4 Å². The van der Waals surface area contributed by atoms with Gasteiger partial charge in [-0.1, -0.05) is 6.07 Å². The fourth-order valence-electron chi connectivity index (χ4n) is 2.15. The second-order valence-corrected chi connectivity index (χ2v) is 4.25. The zero-order valence-electron chi connectivity index (χ0n) is 9.80. The molecule has 1 atom stereocenters. The van der Waals surface area contributed by atoms with E-state index in [1.165, 1.54) is 0 Å². The summed E-state index contributed by atoms with van der Waals surface area (Å²) in [5, 5.41) is 10.4. The highest BCUT2D eigenvalue weighted by atomic mass is 35.5. The standard InChI is InChI=1S/C12H14N4O.ClH/c17-12(15-9-4-5-13-7-9)10-8-14-16-6-2-1-3-11(10)16;/h1-3,6,8-9,13H,4-5,7H2,(H,15,17);1H. The van der Waals surface area contributed by atoms with Crippen LogP contribution in [-0.4, -0.2) is 34.7 Å². The maximum absolute atomic E-state index is 12.1. The lowest BCUT2D eigenvalue weighted by Crippen LogP contribution is -2.36. The minimum Gasteiger partial charge on any atom is -0.348 e. The maximum Gasteiger partial charge on any atom is 0.255 e. The molecule has 0 saturated carbocycles. The van der Waals surface area contributed by atoms with Crippen molar-refractivity contribution in [2.75, 3.05) is 13.1 Å². The Labute approximate surface area is 111 Å². The summed E-state index contributed by atoms with van der Waals surface area (Å²) in [7, 11) is 0. The van der Waals surface area contributed by atoms with Crippen LogP contribution in [0, 0.1) is 0 Å². The third-order valence-corrected chi connectivity index (χ3v) is 3.07. The van der Waals surface area contributed by atoms with Crippen LogP contribution in [0.5, 0.6) is 0 Å². The van der Waals surface area contributed by atoms with Crippen LogP contribution in [0.15, 0.2) is 30.6 Å². The largest absolute Gasteiger partial charge is 0.348 e. The Hall–Kier alpha value is -1.59. The first-order valence-corrected chi connectivity index (χ1v) is 5.78. The van der Waals surface area contributed by atoms with Crippen molar-refractivity contribution in [2.24, 2.45) is 0 Å². The number of halogens is 1. The number of nitrogens with zero attached hydrogens (tertiary/aromatic N) is 2. The van der Waals surface area contributed by atoms with E-state index in [1.54, 1.807) is 10.7 Å². The Kier molecular flexibility index (Phi) is 3.84. The van der Waals surface area contributed by atoms with Crippen LogP contribution in [0.2, 0.25) is 0 Å². The molecule has 2 N–H and O–H groups in total. The number of pyridine rings is 1. The van der Waals surface area contributed by atoms with Crippen molar-refractivity contribution in [2.45, 2.75) is 12.5 Å². The molecule has 1 saturated heterocycles. The number of hydrogen-bond donors (Lipinski definition) is 2. The molecule has 5 nitrogen and oxygen atoms in total. The highest BCUT2D eigenvalue weighted by molar-refractivity contribution is 6.00. The summed E-state index contributed by atoms with van der Waals surface area (Å²) in [5.41, 5.74) is 1.48. The molecule has 1 aliphatic heterocycles. The van der Waals surface area contributed by atoms with E-state index in [4.69, 9.17) is 0 Å². The predicted molar refractivity (Wildman–Crippen MR) is 71.2 cm³/mol. The van der Waals surface area contributed by atoms with Gasteiger partial charge in [-0.2, -0.15) is 5.10 Å². The zero-order valence-corrected chi connectivity index (χ0v) is 10.6. The van der Waals surface area contributed by atoms with Crippen molar-refractivity contribution in [3.05, 3.63) is 36.2 Å². The lowest BCUT2D eigenvalue weighted by atomic mass is 10.2. The molecular weight excluding hydrogens is 252 g/mol.